The summed E-state index contributed by atoms with van der Waals surface area (Å²) in [5.41, 5.74) is 1.47. The molecule has 2 aromatic carbocycles. The lowest BCUT2D eigenvalue weighted by Crippen LogP contribution is -2.63. The van der Waals surface area contributed by atoms with Gasteiger partial charge in [-0.1, -0.05) is 36.7 Å². The smallest absolute Gasteiger partial charge is 0.264 e. The minimum absolute atomic E-state index is 0.0133. The first kappa shape index (κ1) is 34.7. The van der Waals surface area contributed by atoms with Crippen LogP contribution in [0.2, 0.25) is 5.02 Å². The molecule has 1 aliphatic carbocycles. The van der Waals surface area contributed by atoms with E-state index in [4.69, 9.17) is 21.1 Å². The van der Waals surface area contributed by atoms with Crippen molar-refractivity contribution in [3.8, 4) is 5.75 Å². The van der Waals surface area contributed by atoms with Crippen LogP contribution in [0.5, 0.6) is 5.75 Å². The molecule has 2 bridgehead atoms. The molecule has 0 spiro atoms. The molecule has 0 aromatic heterocycles. The number of fused-ring (bicyclic) bond motifs is 3. The standard InChI is InChI=1S/C36H46ClN3O7S/c1-23-7-6-15-36(43,33-35(42)39(3)17-18-46-33)30-13-10-27(30)21-40-16-5-4-8-25-19-29(37)12-9-28(25)22-47-32-14-11-26(20-31(32)40)34(41)38-48(44,45)24(23)2/h6,9,11-12,14-15,19-20,23-24,27,30,33,43H,4-5,7-8,10,13,16-18,21-22H2,1-3H3,(H,38,41)/b15-6+/t23-,24+,27-,30+,33+,36-/m0/s1. The van der Waals surface area contributed by atoms with Crippen molar-refractivity contribution < 1.29 is 32.6 Å². The molecule has 3 heterocycles. The van der Waals surface area contributed by atoms with Crippen molar-refractivity contribution in [1.29, 1.82) is 0 Å². The fourth-order valence-electron chi connectivity index (χ4n) is 7.43. The number of aryl methyl sites for hydroxylation is 1. The average molecular weight is 700 g/mol. The molecule has 12 heteroatoms. The van der Waals surface area contributed by atoms with Gasteiger partial charge in [0.1, 0.15) is 18.0 Å². The van der Waals surface area contributed by atoms with Crippen LogP contribution in [-0.2, 0) is 32.6 Å². The molecule has 1 saturated carbocycles. The van der Waals surface area contributed by atoms with Crippen molar-refractivity contribution >= 4 is 39.1 Å². The van der Waals surface area contributed by atoms with Gasteiger partial charge in [-0.2, -0.15) is 0 Å². The summed E-state index contributed by atoms with van der Waals surface area (Å²) >= 11 is 6.34. The molecule has 0 unspecified atom stereocenters. The van der Waals surface area contributed by atoms with Gasteiger partial charge in [-0.3, -0.25) is 9.59 Å². The van der Waals surface area contributed by atoms with Crippen LogP contribution in [0.1, 0.15) is 67.4 Å². The van der Waals surface area contributed by atoms with Crippen LogP contribution in [0.25, 0.3) is 0 Å². The molecule has 2 N–H and O–H groups in total. The second-order valence-electron chi connectivity index (χ2n) is 13.9. The molecule has 1 saturated heterocycles. The normalized spacial score (nSPS) is 32.0. The van der Waals surface area contributed by atoms with E-state index >= 15 is 0 Å². The summed E-state index contributed by atoms with van der Waals surface area (Å²) < 4.78 is 41.6. The predicted octanol–water partition coefficient (Wildman–Crippen LogP) is 4.72. The highest BCUT2D eigenvalue weighted by atomic mass is 35.5. The molecule has 260 valence electrons. The molecule has 48 heavy (non-hydrogen) atoms. The summed E-state index contributed by atoms with van der Waals surface area (Å²) in [5, 5.41) is 12.3. The monoisotopic (exact) mass is 699 g/mol. The van der Waals surface area contributed by atoms with E-state index in [1.165, 1.54) is 0 Å². The summed E-state index contributed by atoms with van der Waals surface area (Å²) in [6, 6.07) is 10.9. The number of anilines is 1. The maximum Gasteiger partial charge on any atom is 0.264 e. The van der Waals surface area contributed by atoms with Gasteiger partial charge in [0.2, 0.25) is 10.0 Å². The first-order chi connectivity index (χ1) is 22.9. The fourth-order valence-corrected chi connectivity index (χ4v) is 8.91. The first-order valence-corrected chi connectivity index (χ1v) is 18.9. The van der Waals surface area contributed by atoms with Gasteiger partial charge in [0, 0.05) is 37.3 Å². The highest BCUT2D eigenvalue weighted by Crippen LogP contribution is 2.47. The maximum absolute atomic E-state index is 13.5. The number of hydrogen-bond donors (Lipinski definition) is 2. The van der Waals surface area contributed by atoms with Gasteiger partial charge in [0.25, 0.3) is 11.8 Å². The predicted molar refractivity (Wildman–Crippen MR) is 185 cm³/mol. The van der Waals surface area contributed by atoms with Gasteiger partial charge < -0.3 is 24.4 Å². The lowest BCUT2D eigenvalue weighted by atomic mass is 9.62. The van der Waals surface area contributed by atoms with Crippen molar-refractivity contribution in [3.05, 3.63) is 70.3 Å². The van der Waals surface area contributed by atoms with Crippen molar-refractivity contribution in [2.24, 2.45) is 17.8 Å². The number of amides is 2. The number of halogens is 1. The molecule has 10 nitrogen and oxygen atoms in total. The van der Waals surface area contributed by atoms with Crippen molar-refractivity contribution in [2.45, 2.75) is 75.9 Å². The SMILES string of the molecule is C[C@@H]1[C@@H](C)C/C=C/[C@@](O)([C@@H]2OCCN(C)C2=O)[C@@H]2CC[C@H]2CN2CCCCc3cc(Cl)ccc3COc3ccc(cc32)C(=O)NS1(=O)=O. The van der Waals surface area contributed by atoms with Crippen LogP contribution in [0.15, 0.2) is 48.6 Å². The van der Waals surface area contributed by atoms with E-state index in [1.54, 1.807) is 56.1 Å². The minimum atomic E-state index is -4.05. The number of carbonyl (C=O) groups is 2. The second-order valence-corrected chi connectivity index (χ2v) is 16.4. The van der Waals surface area contributed by atoms with Crippen molar-refractivity contribution in [1.82, 2.24) is 9.62 Å². The molecular formula is C36H46ClN3O7S. The number of nitrogens with zero attached hydrogens (tertiary/aromatic N) is 2. The second kappa shape index (κ2) is 14.0. The van der Waals surface area contributed by atoms with E-state index in [1.807, 2.05) is 18.2 Å². The third kappa shape index (κ3) is 6.97. The molecule has 3 aliphatic heterocycles. The van der Waals surface area contributed by atoms with Gasteiger partial charge in [0.05, 0.1) is 17.5 Å². The Morgan fingerprint density at radius 3 is 2.62 bits per heavy atom. The first-order valence-electron chi connectivity index (χ1n) is 17.0. The Hall–Kier alpha value is -3.12. The number of morpholine rings is 1. The van der Waals surface area contributed by atoms with E-state index in [2.05, 4.69) is 9.62 Å². The zero-order chi connectivity index (χ0) is 34.2. The van der Waals surface area contributed by atoms with Crippen LogP contribution in [0.4, 0.5) is 5.69 Å². The number of aliphatic hydroxyl groups is 1. The van der Waals surface area contributed by atoms with Gasteiger partial charge in [-0.25, -0.2) is 13.1 Å². The molecule has 6 atom stereocenters. The van der Waals surface area contributed by atoms with E-state index < -0.39 is 32.9 Å². The highest BCUT2D eigenvalue weighted by molar-refractivity contribution is 7.90. The van der Waals surface area contributed by atoms with Crippen LogP contribution in [0.3, 0.4) is 0 Å². The van der Waals surface area contributed by atoms with E-state index in [9.17, 15) is 23.1 Å². The van der Waals surface area contributed by atoms with Crippen LogP contribution in [0, 0.1) is 17.8 Å². The van der Waals surface area contributed by atoms with Gasteiger partial charge in [-0.05, 0) is 105 Å². The largest absolute Gasteiger partial charge is 0.487 e. The lowest BCUT2D eigenvalue weighted by Gasteiger charge is -2.51. The molecule has 6 rings (SSSR count). The number of hydrogen-bond acceptors (Lipinski definition) is 8. The van der Waals surface area contributed by atoms with Gasteiger partial charge in [0.15, 0.2) is 6.10 Å². The van der Waals surface area contributed by atoms with E-state index in [0.717, 1.165) is 36.8 Å². The summed E-state index contributed by atoms with van der Waals surface area (Å²) in [5.74, 6) is -1.04. The number of sulfonamides is 1. The molecule has 2 amide bonds. The van der Waals surface area contributed by atoms with Crippen LogP contribution >= 0.6 is 11.6 Å². The molecule has 2 fully saturated rings. The quantitative estimate of drug-likeness (QED) is 0.410. The number of rotatable bonds is 1. The van der Waals surface area contributed by atoms with E-state index in [0.29, 0.717) is 62.1 Å². The summed E-state index contributed by atoms with van der Waals surface area (Å²) in [4.78, 5) is 30.7. The average Bonchev–Trinajstić information content (AvgIpc) is 3.06. The summed E-state index contributed by atoms with van der Waals surface area (Å²) in [7, 11) is -2.33. The number of carbonyl (C=O) groups excluding carboxylic acids is 2. The Balaban J connectivity index is 1.42. The van der Waals surface area contributed by atoms with Crippen LogP contribution < -0.4 is 14.4 Å². The number of allylic oxidation sites excluding steroid dienone is 1. The Kier molecular flexibility index (Phi) is 10.1. The summed E-state index contributed by atoms with van der Waals surface area (Å²) in [6.45, 7) is 5.62. The highest BCUT2D eigenvalue weighted by Gasteiger charge is 2.54. The molecule has 0 radical (unpaired) electrons. The minimum Gasteiger partial charge on any atom is -0.487 e. The third-order valence-corrected chi connectivity index (χ3v) is 13.0. The Labute approximate surface area is 288 Å². The topological polar surface area (TPSA) is 125 Å². The molecular weight excluding hydrogens is 654 g/mol. The Morgan fingerprint density at radius 1 is 1.04 bits per heavy atom. The fraction of sp³-hybridized carbons (Fsp3) is 0.556. The zero-order valence-corrected chi connectivity index (χ0v) is 29.4. The Bertz CT molecular complexity index is 1680. The maximum atomic E-state index is 13.5. The van der Waals surface area contributed by atoms with Gasteiger partial charge >= 0.3 is 0 Å². The summed E-state index contributed by atoms with van der Waals surface area (Å²) in [6.07, 6.45) is 6.82. The Morgan fingerprint density at radius 2 is 1.85 bits per heavy atom. The number of likely N-dealkylation sites (N-methyl/N-ethyl adjacent to an activating group) is 1. The van der Waals surface area contributed by atoms with Crippen LogP contribution in [-0.4, -0.2) is 80.5 Å². The number of nitrogens with one attached hydrogen (secondary N) is 1. The third-order valence-electron chi connectivity index (χ3n) is 10.9. The molecule has 4 aliphatic rings. The number of ether oxygens (including phenoxy) is 2. The lowest BCUT2D eigenvalue weighted by molar-refractivity contribution is -0.185. The van der Waals surface area contributed by atoms with Crippen molar-refractivity contribution in [2.75, 3.05) is 38.2 Å². The van der Waals surface area contributed by atoms with Gasteiger partial charge in [-0.15, -0.1) is 0 Å². The molecule has 2 aromatic rings. The van der Waals surface area contributed by atoms with Crippen molar-refractivity contribution in [3.63, 3.8) is 0 Å². The zero-order valence-electron chi connectivity index (χ0n) is 27.9. The van der Waals surface area contributed by atoms with E-state index in [-0.39, 0.29) is 29.2 Å². The number of benzene rings is 2.